The van der Waals surface area contributed by atoms with Gasteiger partial charge in [-0.25, -0.2) is 5.06 Å². The van der Waals surface area contributed by atoms with Crippen LogP contribution in [0.25, 0.3) is 0 Å². The molecule has 0 N–H and O–H groups in total. The largest absolute Gasteiger partial charge is 0.433 e. The van der Waals surface area contributed by atoms with Crippen molar-refractivity contribution in [2.75, 3.05) is 25.6 Å². The summed E-state index contributed by atoms with van der Waals surface area (Å²) in [5.74, 6) is -0.932. The second-order valence-corrected chi connectivity index (χ2v) is 5.53. The average molecular weight is 397 g/mol. The lowest BCUT2D eigenvalue weighted by molar-refractivity contribution is -0.220. The molecule has 1 aliphatic rings. The molecule has 1 aromatic rings. The second kappa shape index (κ2) is 7.24. The van der Waals surface area contributed by atoms with Gasteiger partial charge in [-0.2, -0.15) is 31.6 Å². The molecule has 0 aliphatic carbocycles. The number of hydrogen-bond acceptors (Lipinski definition) is 5. The van der Waals surface area contributed by atoms with Crippen molar-refractivity contribution in [3.63, 3.8) is 0 Å². The first-order valence-corrected chi connectivity index (χ1v) is 7.32. The zero-order valence-electron chi connectivity index (χ0n) is 13.9. The highest BCUT2D eigenvalue weighted by atomic mass is 19.4. The number of carbonyl (C=O) groups excluding carboxylic acids is 1. The molecule has 27 heavy (non-hydrogen) atoms. The van der Waals surface area contributed by atoms with Gasteiger partial charge in [0.2, 0.25) is 6.23 Å². The lowest BCUT2D eigenvalue weighted by Gasteiger charge is -2.27. The molecule has 6 nitrogen and oxygen atoms in total. The van der Waals surface area contributed by atoms with E-state index in [-0.39, 0.29) is 0 Å². The van der Waals surface area contributed by atoms with Crippen LogP contribution >= 0.6 is 0 Å². The number of alkyl halides is 6. The van der Waals surface area contributed by atoms with Crippen LogP contribution in [0.1, 0.15) is 11.1 Å². The number of halogens is 6. The molecule has 2 atom stereocenters. The van der Waals surface area contributed by atoms with Gasteiger partial charge in [0.05, 0.1) is 30.9 Å². The van der Waals surface area contributed by atoms with Crippen molar-refractivity contribution in [2.24, 2.45) is 0 Å². The molecule has 1 amide bonds. The Bertz CT molecular complexity index is 759. The molecule has 0 radical (unpaired) electrons. The van der Waals surface area contributed by atoms with Gasteiger partial charge in [-0.1, -0.05) is 0 Å². The zero-order chi connectivity index (χ0) is 20.6. The topological polar surface area (TPSA) is 65.8 Å². The molecular formula is C15H13F6N3O3. The molecule has 1 aromatic carbocycles. The molecule has 148 valence electrons. The standard InChI is InChI=1S/C15H13F6N3O3/c1-23(26-2)12(25)11-7-24(13(27-11)15(19,20)21)9-4-3-8(6-22)10(5-9)14(16,17)18/h3-5,11,13H,7H2,1-2H3/t11-,13+/m0/s1. The minimum atomic E-state index is -4.98. The van der Waals surface area contributed by atoms with Crippen molar-refractivity contribution in [3.05, 3.63) is 29.3 Å². The van der Waals surface area contributed by atoms with Crippen LogP contribution < -0.4 is 4.90 Å². The summed E-state index contributed by atoms with van der Waals surface area (Å²) < 4.78 is 83.9. The number of anilines is 1. The van der Waals surface area contributed by atoms with Crippen LogP contribution in [0.15, 0.2) is 18.2 Å². The first kappa shape index (κ1) is 20.8. The highest BCUT2D eigenvalue weighted by Crippen LogP contribution is 2.39. The van der Waals surface area contributed by atoms with E-state index in [4.69, 9.17) is 10.00 Å². The summed E-state index contributed by atoms with van der Waals surface area (Å²) in [6.45, 7) is -0.653. The maximum absolute atomic E-state index is 13.3. The molecule has 1 saturated heterocycles. The molecule has 0 saturated carbocycles. The summed E-state index contributed by atoms with van der Waals surface area (Å²) in [5, 5.41) is 9.44. The Morgan fingerprint density at radius 3 is 2.44 bits per heavy atom. The van der Waals surface area contributed by atoms with Gasteiger partial charge in [0.15, 0.2) is 6.10 Å². The monoisotopic (exact) mass is 397 g/mol. The Hall–Kier alpha value is -2.52. The minimum absolute atomic E-state index is 0.424. The lowest BCUT2D eigenvalue weighted by atomic mass is 10.1. The summed E-state index contributed by atoms with van der Waals surface area (Å²) in [6, 6.07) is 3.46. The molecule has 1 aliphatic heterocycles. The number of nitriles is 1. The number of carbonyl (C=O) groups is 1. The van der Waals surface area contributed by atoms with Gasteiger partial charge < -0.3 is 9.64 Å². The third-order valence-electron chi connectivity index (χ3n) is 3.84. The molecule has 2 rings (SSSR count). The van der Waals surface area contributed by atoms with E-state index in [1.165, 1.54) is 6.07 Å². The van der Waals surface area contributed by atoms with Crippen LogP contribution in [0.5, 0.6) is 0 Å². The normalized spacial score (nSPS) is 20.5. The molecule has 12 heteroatoms. The molecule has 1 heterocycles. The SMILES string of the molecule is CON(C)C(=O)[C@@H]1CN(c2ccc(C#N)c(C(F)(F)F)c2)[C@@H](C(F)(F)F)O1. The number of rotatable bonds is 3. The summed E-state index contributed by atoms with van der Waals surface area (Å²) in [5.41, 5.74) is -2.60. The number of benzene rings is 1. The third-order valence-corrected chi connectivity index (χ3v) is 3.84. The summed E-state index contributed by atoms with van der Waals surface area (Å²) in [4.78, 5) is 17.1. The van der Waals surface area contributed by atoms with Crippen LogP contribution in [0, 0.1) is 11.3 Å². The highest BCUT2D eigenvalue weighted by molar-refractivity contribution is 5.81. The molecule has 0 aromatic heterocycles. The van der Waals surface area contributed by atoms with Crippen molar-refractivity contribution < 1.29 is 40.7 Å². The van der Waals surface area contributed by atoms with Gasteiger partial charge >= 0.3 is 12.4 Å². The van der Waals surface area contributed by atoms with E-state index in [1.54, 1.807) is 0 Å². The van der Waals surface area contributed by atoms with Gasteiger partial charge in [0, 0.05) is 12.7 Å². The number of hydrogen-bond donors (Lipinski definition) is 0. The van der Waals surface area contributed by atoms with Crippen LogP contribution in [-0.2, 0) is 20.5 Å². The first-order valence-electron chi connectivity index (χ1n) is 7.32. The van der Waals surface area contributed by atoms with Crippen LogP contribution in [-0.4, -0.2) is 50.2 Å². The fourth-order valence-corrected chi connectivity index (χ4v) is 2.51. The molecular weight excluding hydrogens is 384 g/mol. The van der Waals surface area contributed by atoms with E-state index in [0.29, 0.717) is 16.0 Å². The predicted molar refractivity (Wildman–Crippen MR) is 78.0 cm³/mol. The zero-order valence-corrected chi connectivity index (χ0v) is 13.9. The van der Waals surface area contributed by atoms with Crippen molar-refractivity contribution in [3.8, 4) is 6.07 Å². The second-order valence-electron chi connectivity index (χ2n) is 5.53. The Morgan fingerprint density at radius 1 is 1.33 bits per heavy atom. The number of ether oxygens (including phenoxy) is 1. The van der Waals surface area contributed by atoms with E-state index >= 15 is 0 Å². The maximum atomic E-state index is 13.3. The Kier molecular flexibility index (Phi) is 5.58. The van der Waals surface area contributed by atoms with Crippen molar-refractivity contribution in [1.29, 1.82) is 5.26 Å². The van der Waals surface area contributed by atoms with Crippen LogP contribution in [0.4, 0.5) is 32.0 Å². The van der Waals surface area contributed by atoms with E-state index in [1.807, 2.05) is 0 Å². The summed E-state index contributed by atoms with van der Waals surface area (Å²) in [7, 11) is 2.27. The average Bonchev–Trinajstić information content (AvgIpc) is 3.04. The van der Waals surface area contributed by atoms with Crippen molar-refractivity contribution >= 4 is 11.6 Å². The van der Waals surface area contributed by atoms with Crippen molar-refractivity contribution in [1.82, 2.24) is 5.06 Å². The fourth-order valence-electron chi connectivity index (χ4n) is 2.51. The molecule has 0 spiro atoms. The van der Waals surface area contributed by atoms with Gasteiger partial charge in [-0.15, -0.1) is 0 Å². The molecule has 0 bridgehead atoms. The van der Waals surface area contributed by atoms with E-state index in [0.717, 1.165) is 26.3 Å². The number of likely N-dealkylation sites (N-methyl/N-ethyl adjacent to an activating group) is 1. The van der Waals surface area contributed by atoms with E-state index < -0.39 is 54.0 Å². The molecule has 0 unspecified atom stereocenters. The maximum Gasteiger partial charge on any atom is 0.433 e. The Balaban J connectivity index is 2.45. The Labute approximate surface area is 149 Å². The lowest BCUT2D eigenvalue weighted by Crippen LogP contribution is -2.42. The highest BCUT2D eigenvalue weighted by Gasteiger charge is 2.53. The van der Waals surface area contributed by atoms with Crippen LogP contribution in [0.2, 0.25) is 0 Å². The number of hydroxylamine groups is 2. The smallest absolute Gasteiger partial charge is 0.335 e. The number of nitrogens with zero attached hydrogens (tertiary/aromatic N) is 3. The third kappa shape index (κ3) is 4.25. The predicted octanol–water partition coefficient (Wildman–Crippen LogP) is 2.69. The number of amides is 1. The molecule has 1 fully saturated rings. The van der Waals surface area contributed by atoms with Gasteiger partial charge in [0.1, 0.15) is 0 Å². The van der Waals surface area contributed by atoms with Gasteiger partial charge in [-0.05, 0) is 18.2 Å². The first-order chi connectivity index (χ1) is 12.4. The fraction of sp³-hybridized carbons (Fsp3) is 0.467. The summed E-state index contributed by atoms with van der Waals surface area (Å²) >= 11 is 0. The van der Waals surface area contributed by atoms with E-state index in [2.05, 4.69) is 4.84 Å². The summed E-state index contributed by atoms with van der Waals surface area (Å²) in [6.07, 6.45) is -14.2. The Morgan fingerprint density at radius 2 is 1.96 bits per heavy atom. The van der Waals surface area contributed by atoms with Gasteiger partial charge in [0.25, 0.3) is 5.91 Å². The van der Waals surface area contributed by atoms with Gasteiger partial charge in [-0.3, -0.25) is 9.63 Å². The quantitative estimate of drug-likeness (QED) is 0.580. The van der Waals surface area contributed by atoms with E-state index in [9.17, 15) is 31.1 Å². The van der Waals surface area contributed by atoms with Crippen LogP contribution in [0.3, 0.4) is 0 Å². The van der Waals surface area contributed by atoms with Crippen molar-refractivity contribution in [2.45, 2.75) is 24.7 Å². The minimum Gasteiger partial charge on any atom is -0.335 e.